The predicted octanol–water partition coefficient (Wildman–Crippen LogP) is 3.44. The van der Waals surface area contributed by atoms with Crippen LogP contribution in [0.15, 0.2) is 59.5 Å². The Hall–Kier alpha value is -4.54. The lowest BCUT2D eigenvalue weighted by atomic mass is 10.1. The van der Waals surface area contributed by atoms with Crippen LogP contribution in [0.5, 0.6) is 0 Å². The van der Waals surface area contributed by atoms with Crippen LogP contribution in [-0.4, -0.2) is 66.5 Å². The molecule has 0 bridgehead atoms. The largest absolute Gasteiger partial charge is 0.444 e. The molecule has 0 spiro atoms. The van der Waals surface area contributed by atoms with Crippen molar-refractivity contribution in [1.82, 2.24) is 19.6 Å². The van der Waals surface area contributed by atoms with Crippen molar-refractivity contribution in [2.24, 2.45) is 0 Å². The van der Waals surface area contributed by atoms with E-state index in [-0.39, 0.29) is 36.1 Å². The van der Waals surface area contributed by atoms with Crippen LogP contribution in [0.2, 0.25) is 0 Å². The minimum absolute atomic E-state index is 0.114. The molecule has 220 valence electrons. The average Bonchev–Trinajstić information content (AvgIpc) is 2.95. The van der Waals surface area contributed by atoms with E-state index in [2.05, 4.69) is 20.6 Å². The molecule has 0 saturated carbocycles. The third kappa shape index (κ3) is 7.80. The Bertz CT molecular complexity index is 1600. The van der Waals surface area contributed by atoms with Gasteiger partial charge in [0.2, 0.25) is 16.0 Å². The van der Waals surface area contributed by atoms with Crippen LogP contribution in [0.1, 0.15) is 48.1 Å². The molecule has 0 atom stereocenters. The molecular weight excluding hydrogens is 558 g/mol. The van der Waals surface area contributed by atoms with Crippen molar-refractivity contribution in [3.05, 3.63) is 77.1 Å². The second-order valence-corrected chi connectivity index (χ2v) is 12.7. The molecule has 2 aromatic carbocycles. The Kier molecular flexibility index (Phi) is 9.08. The summed E-state index contributed by atoms with van der Waals surface area (Å²) in [7, 11) is -3.76. The smallest absolute Gasteiger partial charge is 0.407 e. The van der Waals surface area contributed by atoms with Gasteiger partial charge in [-0.1, -0.05) is 12.1 Å². The quantitative estimate of drug-likeness (QED) is 0.420. The molecule has 2 N–H and O–H groups in total. The first-order valence-corrected chi connectivity index (χ1v) is 14.8. The van der Waals surface area contributed by atoms with Crippen LogP contribution in [0.4, 0.5) is 16.4 Å². The third-order valence-corrected chi connectivity index (χ3v) is 8.17. The van der Waals surface area contributed by atoms with E-state index >= 15 is 0 Å². The Morgan fingerprint density at radius 2 is 1.71 bits per heavy atom. The van der Waals surface area contributed by atoms with Crippen molar-refractivity contribution in [2.75, 3.05) is 36.4 Å². The molecule has 0 unspecified atom stereocenters. The van der Waals surface area contributed by atoms with Crippen LogP contribution < -0.4 is 15.5 Å². The Morgan fingerprint density at radius 1 is 1.02 bits per heavy atom. The number of carbonyl (C=O) groups is 2. The fraction of sp³-hybridized carbons (Fsp3) is 0.345. The standard InChI is InChI=1S/C29H33N7O5S/c1-20-16-24(18-30)34-27(32-20)35-12-14-36(15-13-35)42(39,40)25-10-8-23(9-11-25)33-26(37)22-7-5-6-21(17-22)19-31-28(38)41-29(2,3)4/h5-11,16-17H,12-15,19H2,1-4H3,(H,31,38)(H,33,37). The van der Waals surface area contributed by atoms with Gasteiger partial charge in [-0.25, -0.2) is 23.2 Å². The third-order valence-electron chi connectivity index (χ3n) is 6.25. The number of benzene rings is 2. The zero-order valence-electron chi connectivity index (χ0n) is 23.9. The molecule has 42 heavy (non-hydrogen) atoms. The van der Waals surface area contributed by atoms with E-state index in [4.69, 9.17) is 4.74 Å². The van der Waals surface area contributed by atoms with E-state index in [9.17, 15) is 23.3 Å². The number of nitrogens with one attached hydrogen (secondary N) is 2. The summed E-state index contributed by atoms with van der Waals surface area (Å²) in [5.74, 6) is 0.0345. The maximum atomic E-state index is 13.3. The second kappa shape index (κ2) is 12.5. The van der Waals surface area contributed by atoms with E-state index in [1.54, 1.807) is 70.2 Å². The fourth-order valence-corrected chi connectivity index (χ4v) is 5.68. The minimum Gasteiger partial charge on any atom is -0.444 e. The zero-order valence-corrected chi connectivity index (χ0v) is 24.7. The number of sulfonamides is 1. The number of rotatable bonds is 7. The van der Waals surface area contributed by atoms with Crippen molar-refractivity contribution >= 4 is 33.7 Å². The lowest BCUT2D eigenvalue weighted by molar-refractivity contribution is 0.0523. The second-order valence-electron chi connectivity index (χ2n) is 10.7. The van der Waals surface area contributed by atoms with Gasteiger partial charge in [-0.15, -0.1) is 0 Å². The van der Waals surface area contributed by atoms with Crippen molar-refractivity contribution in [3.8, 4) is 6.07 Å². The van der Waals surface area contributed by atoms with Gasteiger partial charge in [0.15, 0.2) is 0 Å². The van der Waals surface area contributed by atoms with Crippen LogP contribution >= 0.6 is 0 Å². The molecule has 1 fully saturated rings. The summed E-state index contributed by atoms with van der Waals surface area (Å²) in [6.07, 6.45) is -0.552. The number of ether oxygens (including phenoxy) is 1. The molecule has 12 nitrogen and oxygen atoms in total. The summed E-state index contributed by atoms with van der Waals surface area (Å²) < 4.78 is 33.2. The Balaban J connectivity index is 1.34. The molecule has 0 radical (unpaired) electrons. The first kappa shape index (κ1) is 30.4. The van der Waals surface area contributed by atoms with Gasteiger partial charge in [0.05, 0.1) is 4.90 Å². The lowest BCUT2D eigenvalue weighted by Gasteiger charge is -2.34. The van der Waals surface area contributed by atoms with Crippen molar-refractivity contribution in [3.63, 3.8) is 0 Å². The number of aryl methyl sites for hydroxylation is 1. The minimum atomic E-state index is -3.76. The molecule has 2 heterocycles. The van der Waals surface area contributed by atoms with Gasteiger partial charge in [0, 0.05) is 49.7 Å². The van der Waals surface area contributed by atoms with Gasteiger partial charge >= 0.3 is 6.09 Å². The van der Waals surface area contributed by atoms with E-state index in [1.165, 1.54) is 16.4 Å². The number of alkyl carbamates (subject to hydrolysis) is 1. The first-order chi connectivity index (χ1) is 19.8. The van der Waals surface area contributed by atoms with Crippen molar-refractivity contribution < 1.29 is 22.7 Å². The molecule has 2 amide bonds. The molecule has 1 saturated heterocycles. The predicted molar refractivity (Wildman–Crippen MR) is 156 cm³/mol. The Morgan fingerprint density at radius 3 is 2.36 bits per heavy atom. The lowest BCUT2D eigenvalue weighted by Crippen LogP contribution is -2.49. The summed E-state index contributed by atoms with van der Waals surface area (Å²) in [5.41, 5.74) is 1.86. The maximum Gasteiger partial charge on any atom is 0.407 e. The number of carbonyl (C=O) groups excluding carboxylic acids is 2. The number of hydrogen-bond acceptors (Lipinski definition) is 9. The fourth-order valence-electron chi connectivity index (χ4n) is 4.25. The number of anilines is 2. The highest BCUT2D eigenvalue weighted by molar-refractivity contribution is 7.89. The zero-order chi connectivity index (χ0) is 30.5. The summed E-state index contributed by atoms with van der Waals surface area (Å²) >= 11 is 0. The highest BCUT2D eigenvalue weighted by Gasteiger charge is 2.29. The van der Waals surface area contributed by atoms with Gasteiger partial charge in [0.25, 0.3) is 5.91 Å². The molecule has 3 aromatic rings. The highest BCUT2D eigenvalue weighted by Crippen LogP contribution is 2.22. The highest BCUT2D eigenvalue weighted by atomic mass is 32.2. The number of hydrogen-bond donors (Lipinski definition) is 2. The van der Waals surface area contributed by atoms with Gasteiger partial charge in [-0.05, 0) is 75.7 Å². The summed E-state index contributed by atoms with van der Waals surface area (Å²) in [6, 6.07) is 16.4. The summed E-state index contributed by atoms with van der Waals surface area (Å²) in [4.78, 5) is 35.4. The normalized spacial score (nSPS) is 14.1. The van der Waals surface area contributed by atoms with E-state index in [1.807, 2.05) is 11.0 Å². The van der Waals surface area contributed by atoms with Crippen LogP contribution in [0.3, 0.4) is 0 Å². The number of nitriles is 1. The number of piperazine rings is 1. The molecule has 4 rings (SSSR count). The summed E-state index contributed by atoms with van der Waals surface area (Å²) in [6.45, 7) is 8.53. The van der Waals surface area contributed by atoms with Crippen molar-refractivity contribution in [1.29, 1.82) is 5.26 Å². The SMILES string of the molecule is Cc1cc(C#N)nc(N2CCN(S(=O)(=O)c3ccc(NC(=O)c4cccc(CNC(=O)OC(C)(C)C)c4)cc3)CC2)n1. The van der Waals surface area contributed by atoms with Crippen molar-refractivity contribution in [2.45, 2.75) is 44.7 Å². The molecule has 1 aliphatic heterocycles. The van der Waals surface area contributed by atoms with Gasteiger partial charge in [-0.3, -0.25) is 4.79 Å². The van der Waals surface area contributed by atoms with E-state index in [0.29, 0.717) is 36.0 Å². The van der Waals surface area contributed by atoms with Crippen LogP contribution in [-0.2, 0) is 21.3 Å². The van der Waals surface area contributed by atoms with E-state index in [0.717, 1.165) is 5.56 Å². The first-order valence-electron chi connectivity index (χ1n) is 13.3. The topological polar surface area (TPSA) is 158 Å². The Labute approximate surface area is 245 Å². The monoisotopic (exact) mass is 591 g/mol. The molecule has 1 aromatic heterocycles. The number of nitrogens with zero attached hydrogens (tertiary/aromatic N) is 5. The van der Waals surface area contributed by atoms with Gasteiger partial charge in [-0.2, -0.15) is 9.57 Å². The summed E-state index contributed by atoms with van der Waals surface area (Å²) in [5, 5.41) is 14.6. The number of aromatic nitrogens is 2. The molecule has 0 aliphatic carbocycles. The molecule has 1 aliphatic rings. The van der Waals surface area contributed by atoms with E-state index < -0.39 is 21.7 Å². The van der Waals surface area contributed by atoms with Crippen LogP contribution in [0.25, 0.3) is 0 Å². The molecule has 13 heteroatoms. The molecular formula is C29H33N7O5S. The van der Waals surface area contributed by atoms with Crippen LogP contribution in [0, 0.1) is 18.3 Å². The van der Waals surface area contributed by atoms with Gasteiger partial charge in [0.1, 0.15) is 17.4 Å². The number of amides is 2. The van der Waals surface area contributed by atoms with Gasteiger partial charge < -0.3 is 20.3 Å². The maximum absolute atomic E-state index is 13.3. The average molecular weight is 592 g/mol.